The molecule has 2 aromatic rings. The van der Waals surface area contributed by atoms with E-state index in [1.807, 2.05) is 22.8 Å². The fourth-order valence-electron chi connectivity index (χ4n) is 4.74. The zero-order valence-electron chi connectivity index (χ0n) is 25.6. The molecule has 0 amide bonds. The van der Waals surface area contributed by atoms with E-state index in [-0.39, 0.29) is 11.3 Å². The van der Waals surface area contributed by atoms with Gasteiger partial charge in [0, 0.05) is 18.0 Å². The standard InChI is InChI=1S/C34H53NO4/c1-7-9-11-13-14-16-24-38-29-20-21-30-31(26-29)35(23-15-12-10-8-2)34(36)33(37-6)32(30)39-25-22-28(5)19-17-18-27(3)4/h18,20-22,26H,7-17,19,23-25H2,1-6H3/b28-22+. The van der Waals surface area contributed by atoms with Crippen LogP contribution < -0.4 is 19.8 Å². The Balaban J connectivity index is 2.29. The molecule has 0 unspecified atom stereocenters. The van der Waals surface area contributed by atoms with Crippen molar-refractivity contribution in [3.8, 4) is 17.2 Å². The van der Waals surface area contributed by atoms with Gasteiger partial charge in [-0.2, -0.15) is 0 Å². The predicted octanol–water partition coefficient (Wildman–Crippen LogP) is 9.40. The lowest BCUT2D eigenvalue weighted by molar-refractivity contribution is 0.304. The van der Waals surface area contributed by atoms with E-state index in [9.17, 15) is 4.79 Å². The molecule has 1 heterocycles. The van der Waals surface area contributed by atoms with Crippen molar-refractivity contribution in [1.29, 1.82) is 0 Å². The van der Waals surface area contributed by atoms with Crippen LogP contribution in [-0.2, 0) is 6.54 Å². The molecule has 1 aromatic heterocycles. The molecule has 218 valence electrons. The van der Waals surface area contributed by atoms with E-state index in [4.69, 9.17) is 14.2 Å². The van der Waals surface area contributed by atoms with Crippen LogP contribution in [0.2, 0.25) is 0 Å². The normalized spacial score (nSPS) is 11.6. The van der Waals surface area contributed by atoms with E-state index in [1.54, 1.807) is 7.11 Å². The number of hydrogen-bond acceptors (Lipinski definition) is 4. The lowest BCUT2D eigenvalue weighted by Crippen LogP contribution is -2.23. The van der Waals surface area contributed by atoms with Gasteiger partial charge >= 0.3 is 0 Å². The Labute approximate surface area is 237 Å². The maximum Gasteiger partial charge on any atom is 0.297 e. The summed E-state index contributed by atoms with van der Waals surface area (Å²) in [6.07, 6.45) is 18.1. The van der Waals surface area contributed by atoms with Crippen LogP contribution in [0.5, 0.6) is 17.2 Å². The third-order valence-electron chi connectivity index (χ3n) is 7.11. The highest BCUT2D eigenvalue weighted by atomic mass is 16.5. The highest BCUT2D eigenvalue weighted by Crippen LogP contribution is 2.35. The number of fused-ring (bicyclic) bond motifs is 1. The topological polar surface area (TPSA) is 49.7 Å². The van der Waals surface area contributed by atoms with Crippen LogP contribution in [0.4, 0.5) is 0 Å². The smallest absolute Gasteiger partial charge is 0.297 e. The number of pyridine rings is 1. The highest BCUT2D eigenvalue weighted by molar-refractivity contribution is 5.89. The summed E-state index contributed by atoms with van der Waals surface area (Å²) in [5, 5.41) is 0.879. The molecule has 5 heteroatoms. The van der Waals surface area contributed by atoms with Crippen LogP contribution in [0.3, 0.4) is 0 Å². The fraction of sp³-hybridized carbons (Fsp3) is 0.618. The lowest BCUT2D eigenvalue weighted by atomic mass is 10.1. The summed E-state index contributed by atoms with van der Waals surface area (Å²) in [5.74, 6) is 1.58. The summed E-state index contributed by atoms with van der Waals surface area (Å²) in [7, 11) is 1.55. The molecule has 1 aromatic carbocycles. The molecule has 0 atom stereocenters. The van der Waals surface area contributed by atoms with Gasteiger partial charge in [-0.25, -0.2) is 0 Å². The van der Waals surface area contributed by atoms with E-state index >= 15 is 0 Å². The molecular weight excluding hydrogens is 486 g/mol. The number of aromatic nitrogens is 1. The Morgan fingerprint density at radius 3 is 2.23 bits per heavy atom. The largest absolute Gasteiger partial charge is 0.494 e. The second-order valence-corrected chi connectivity index (χ2v) is 10.9. The number of allylic oxidation sites excluding steroid dienone is 3. The first-order chi connectivity index (χ1) is 18.9. The van der Waals surface area contributed by atoms with Crippen molar-refractivity contribution in [3.63, 3.8) is 0 Å². The minimum absolute atomic E-state index is 0.145. The van der Waals surface area contributed by atoms with E-state index in [0.29, 0.717) is 25.5 Å². The summed E-state index contributed by atoms with van der Waals surface area (Å²) in [4.78, 5) is 13.6. The van der Waals surface area contributed by atoms with E-state index < -0.39 is 0 Å². The van der Waals surface area contributed by atoms with Crippen molar-refractivity contribution in [3.05, 3.63) is 51.9 Å². The van der Waals surface area contributed by atoms with Crippen LogP contribution in [0.15, 0.2) is 46.3 Å². The van der Waals surface area contributed by atoms with Crippen molar-refractivity contribution in [2.24, 2.45) is 0 Å². The zero-order chi connectivity index (χ0) is 28.5. The van der Waals surface area contributed by atoms with Gasteiger partial charge in [-0.05, 0) is 64.7 Å². The maximum atomic E-state index is 13.6. The summed E-state index contributed by atoms with van der Waals surface area (Å²) >= 11 is 0. The summed E-state index contributed by atoms with van der Waals surface area (Å²) in [6.45, 7) is 12.5. The third-order valence-corrected chi connectivity index (χ3v) is 7.11. The molecule has 0 saturated heterocycles. The summed E-state index contributed by atoms with van der Waals surface area (Å²) in [6, 6.07) is 6.00. The predicted molar refractivity (Wildman–Crippen MR) is 166 cm³/mol. The van der Waals surface area contributed by atoms with Crippen molar-refractivity contribution >= 4 is 10.9 Å². The monoisotopic (exact) mass is 539 g/mol. The molecule has 0 aliphatic heterocycles. The number of rotatable bonds is 20. The highest BCUT2D eigenvalue weighted by Gasteiger charge is 2.19. The summed E-state index contributed by atoms with van der Waals surface area (Å²) in [5.41, 5.74) is 3.30. The molecule has 0 radical (unpaired) electrons. The Morgan fingerprint density at radius 1 is 0.846 bits per heavy atom. The number of hydrogen-bond donors (Lipinski definition) is 0. The number of methoxy groups -OCH3 is 1. The first-order valence-electron chi connectivity index (χ1n) is 15.2. The summed E-state index contributed by atoms with van der Waals surface area (Å²) < 4.78 is 19.8. The van der Waals surface area contributed by atoms with E-state index in [0.717, 1.165) is 61.6 Å². The van der Waals surface area contributed by atoms with Crippen molar-refractivity contribution in [2.75, 3.05) is 20.3 Å². The first kappa shape index (κ1) is 32.5. The van der Waals surface area contributed by atoms with Crippen LogP contribution in [-0.4, -0.2) is 24.9 Å². The second-order valence-electron chi connectivity index (χ2n) is 10.9. The Bertz CT molecular complexity index is 1110. The molecular formula is C34H53NO4. The molecule has 0 aliphatic carbocycles. The molecule has 5 nitrogen and oxygen atoms in total. The second kappa shape index (κ2) is 18.6. The number of unbranched alkanes of at least 4 members (excludes halogenated alkanes) is 8. The van der Waals surface area contributed by atoms with Gasteiger partial charge in [0.05, 0.1) is 19.2 Å². The molecule has 0 N–H and O–H groups in total. The van der Waals surface area contributed by atoms with Gasteiger partial charge in [0.1, 0.15) is 12.4 Å². The SMILES string of the molecule is CCCCCCCCOc1ccc2c(OC/C=C(\C)CCC=C(C)C)c(OC)c(=O)n(CCCCCC)c2c1. The van der Waals surface area contributed by atoms with Crippen molar-refractivity contribution in [2.45, 2.75) is 118 Å². The maximum absolute atomic E-state index is 13.6. The molecule has 0 aliphatic rings. The minimum Gasteiger partial charge on any atom is -0.494 e. The molecule has 2 rings (SSSR count). The van der Waals surface area contributed by atoms with Crippen molar-refractivity contribution < 1.29 is 14.2 Å². The molecule has 39 heavy (non-hydrogen) atoms. The fourth-order valence-corrected chi connectivity index (χ4v) is 4.74. The number of nitrogens with zero attached hydrogens (tertiary/aromatic N) is 1. The van der Waals surface area contributed by atoms with Crippen LogP contribution in [0, 0.1) is 0 Å². The quantitative estimate of drug-likeness (QED) is 0.124. The molecule has 0 spiro atoms. The van der Waals surface area contributed by atoms with Gasteiger partial charge in [0.2, 0.25) is 5.75 Å². The number of ether oxygens (including phenoxy) is 3. The van der Waals surface area contributed by atoms with Crippen LogP contribution >= 0.6 is 0 Å². The zero-order valence-corrected chi connectivity index (χ0v) is 25.6. The van der Waals surface area contributed by atoms with E-state index in [2.05, 4.69) is 46.8 Å². The molecule has 0 fully saturated rings. The van der Waals surface area contributed by atoms with Crippen molar-refractivity contribution in [1.82, 2.24) is 4.57 Å². The first-order valence-corrected chi connectivity index (χ1v) is 15.2. The van der Waals surface area contributed by atoms with E-state index in [1.165, 1.54) is 43.3 Å². The number of aryl methyl sites for hydroxylation is 1. The average molecular weight is 540 g/mol. The Morgan fingerprint density at radius 2 is 1.54 bits per heavy atom. The lowest BCUT2D eigenvalue weighted by Gasteiger charge is -2.18. The third kappa shape index (κ3) is 11.1. The average Bonchev–Trinajstić information content (AvgIpc) is 2.91. The van der Waals surface area contributed by atoms with Crippen LogP contribution in [0.25, 0.3) is 10.9 Å². The molecule has 0 bridgehead atoms. The van der Waals surface area contributed by atoms with Gasteiger partial charge in [0.25, 0.3) is 5.56 Å². The van der Waals surface area contributed by atoms with Crippen LogP contribution in [0.1, 0.15) is 112 Å². The Kier molecular flexibility index (Phi) is 15.5. The van der Waals surface area contributed by atoms with Gasteiger partial charge in [0.15, 0.2) is 5.75 Å². The number of benzene rings is 1. The minimum atomic E-state index is -0.145. The van der Waals surface area contributed by atoms with Gasteiger partial charge in [-0.1, -0.05) is 82.4 Å². The van der Waals surface area contributed by atoms with Gasteiger partial charge in [-0.15, -0.1) is 0 Å². The van der Waals surface area contributed by atoms with Gasteiger partial charge in [-0.3, -0.25) is 4.79 Å². The Hall–Kier alpha value is -2.69. The van der Waals surface area contributed by atoms with Gasteiger partial charge < -0.3 is 18.8 Å². The molecule has 0 saturated carbocycles.